The van der Waals surface area contributed by atoms with Crippen molar-refractivity contribution >= 4 is 14.2 Å². The number of amides is 2. The number of urea groups is 1. The van der Waals surface area contributed by atoms with Crippen LogP contribution < -0.4 is 10.6 Å². The van der Waals surface area contributed by atoms with Gasteiger partial charge >= 0.3 is 14.2 Å². The van der Waals surface area contributed by atoms with Gasteiger partial charge in [-0.15, -0.1) is 4.52 Å². The van der Waals surface area contributed by atoms with Crippen molar-refractivity contribution in [1.29, 1.82) is 0 Å². The van der Waals surface area contributed by atoms with Crippen molar-refractivity contribution in [3.05, 3.63) is 11.8 Å². The molecule has 1 fully saturated rings. The van der Waals surface area contributed by atoms with Crippen LogP contribution in [0.3, 0.4) is 0 Å². The maximum absolute atomic E-state index is 11.9. The molecule has 10 heteroatoms. The minimum Gasteiger partial charge on any atom is -0.370 e. The first-order chi connectivity index (χ1) is 10.4. The van der Waals surface area contributed by atoms with E-state index in [9.17, 15) is 14.5 Å². The van der Waals surface area contributed by atoms with Crippen LogP contribution in [-0.4, -0.2) is 73.1 Å². The Labute approximate surface area is 130 Å². The fourth-order valence-electron chi connectivity index (χ4n) is 2.08. The molecule has 0 spiro atoms. The second kappa shape index (κ2) is 7.45. The van der Waals surface area contributed by atoms with Crippen molar-refractivity contribution in [3.63, 3.8) is 0 Å². The van der Waals surface area contributed by atoms with Crippen LogP contribution in [0.2, 0.25) is 0 Å². The highest BCUT2D eigenvalue weighted by molar-refractivity contribution is 7.36. The van der Waals surface area contributed by atoms with Gasteiger partial charge in [0, 0.05) is 33.4 Å². The number of hydrogen-bond acceptors (Lipinski definition) is 6. The molecule has 2 rings (SSSR count). The largest absolute Gasteiger partial charge is 0.615 e. The molecule has 3 N–H and O–H groups in total. The average Bonchev–Trinajstić information content (AvgIpc) is 2.48. The third kappa shape index (κ3) is 4.22. The number of carbonyl (C=O) groups is 1. The minimum absolute atomic E-state index is 0.164. The van der Waals surface area contributed by atoms with Gasteiger partial charge in [-0.2, -0.15) is 0 Å². The number of aliphatic hydroxyl groups excluding tert-OH is 1. The van der Waals surface area contributed by atoms with Gasteiger partial charge in [0.05, 0.1) is 0 Å². The van der Waals surface area contributed by atoms with Crippen molar-refractivity contribution in [1.82, 2.24) is 20.2 Å². The second-order valence-corrected chi connectivity index (χ2v) is 6.92. The van der Waals surface area contributed by atoms with Crippen LogP contribution in [0.15, 0.2) is 11.8 Å². The molecule has 0 bridgehead atoms. The monoisotopic (exact) mass is 333 g/mol. The Hall–Kier alpha value is -1.09. The van der Waals surface area contributed by atoms with E-state index in [1.807, 2.05) is 0 Å². The zero-order chi connectivity index (χ0) is 16.3. The van der Waals surface area contributed by atoms with Crippen LogP contribution in [0.4, 0.5) is 4.79 Å². The van der Waals surface area contributed by atoms with Gasteiger partial charge < -0.3 is 20.5 Å². The third-order valence-electron chi connectivity index (χ3n) is 3.32. The van der Waals surface area contributed by atoms with Gasteiger partial charge in [0.25, 0.3) is 0 Å². The number of ether oxygens (including phenoxy) is 1. The van der Waals surface area contributed by atoms with E-state index in [2.05, 4.69) is 10.6 Å². The smallest absolute Gasteiger partial charge is 0.370 e. The fraction of sp³-hybridized carbons (Fsp3) is 0.750. The molecule has 2 amide bonds. The quantitative estimate of drug-likeness (QED) is 0.598. The van der Waals surface area contributed by atoms with Crippen molar-refractivity contribution < 1.29 is 23.7 Å². The summed E-state index contributed by atoms with van der Waals surface area (Å²) in [5.41, 5.74) is 0.622. The Kier molecular flexibility index (Phi) is 5.85. The van der Waals surface area contributed by atoms with Crippen molar-refractivity contribution in [2.75, 3.05) is 33.8 Å². The summed E-state index contributed by atoms with van der Waals surface area (Å²) in [5.74, 6) is 0. The molecule has 9 nitrogen and oxygen atoms in total. The van der Waals surface area contributed by atoms with Crippen LogP contribution in [0.1, 0.15) is 6.92 Å². The summed E-state index contributed by atoms with van der Waals surface area (Å²) in [7, 11) is 1.45. The molecule has 0 aliphatic carbocycles. The normalized spacial score (nSPS) is 30.1. The first kappa shape index (κ1) is 17.3. The SMILES string of the molecule is CC1=CN([C@H]2CNC[C@@H](CO[P+](=O)N(C)C)O2)C(=O)NC1O. The number of hydrogen-bond donors (Lipinski definition) is 3. The summed E-state index contributed by atoms with van der Waals surface area (Å²) < 4.78 is 24.1. The summed E-state index contributed by atoms with van der Waals surface area (Å²) >= 11 is 0. The van der Waals surface area contributed by atoms with E-state index in [-0.39, 0.29) is 12.7 Å². The number of aliphatic hydroxyl groups is 1. The van der Waals surface area contributed by atoms with E-state index in [1.165, 1.54) is 9.57 Å². The van der Waals surface area contributed by atoms with E-state index in [0.717, 1.165) is 0 Å². The molecule has 0 aromatic carbocycles. The number of morpholine rings is 1. The van der Waals surface area contributed by atoms with Crippen molar-refractivity contribution in [2.45, 2.75) is 25.5 Å². The average molecular weight is 333 g/mol. The molecule has 124 valence electrons. The van der Waals surface area contributed by atoms with Gasteiger partial charge in [-0.3, -0.25) is 4.90 Å². The van der Waals surface area contributed by atoms with E-state index in [0.29, 0.717) is 18.7 Å². The molecular weight excluding hydrogens is 311 g/mol. The predicted molar refractivity (Wildman–Crippen MR) is 78.9 cm³/mol. The molecule has 22 heavy (non-hydrogen) atoms. The molecule has 0 radical (unpaired) electrons. The highest BCUT2D eigenvalue weighted by Crippen LogP contribution is 2.25. The van der Waals surface area contributed by atoms with Crippen LogP contribution in [0.5, 0.6) is 0 Å². The Bertz CT molecular complexity index is 472. The van der Waals surface area contributed by atoms with Gasteiger partial charge in [-0.1, -0.05) is 4.67 Å². The van der Waals surface area contributed by atoms with Gasteiger partial charge in [-0.25, -0.2) is 4.79 Å². The molecule has 2 aliphatic rings. The number of carbonyl (C=O) groups excluding carboxylic acids is 1. The van der Waals surface area contributed by atoms with Gasteiger partial charge in [0.15, 0.2) is 12.5 Å². The fourth-order valence-corrected chi connectivity index (χ4v) is 2.60. The first-order valence-corrected chi connectivity index (χ1v) is 8.10. The molecular formula is C12H22N4O5P+. The molecule has 2 heterocycles. The van der Waals surface area contributed by atoms with E-state index in [1.54, 1.807) is 27.2 Å². The topological polar surface area (TPSA) is 103 Å². The van der Waals surface area contributed by atoms with Gasteiger partial charge in [0.1, 0.15) is 12.7 Å². The zero-order valence-electron chi connectivity index (χ0n) is 12.9. The Morgan fingerprint density at radius 2 is 2.27 bits per heavy atom. The van der Waals surface area contributed by atoms with Crippen LogP contribution in [0, 0.1) is 0 Å². The highest BCUT2D eigenvalue weighted by Gasteiger charge is 2.34. The molecule has 1 saturated heterocycles. The maximum Gasteiger partial charge on any atom is 0.615 e. The first-order valence-electron chi connectivity index (χ1n) is 6.97. The molecule has 0 aromatic rings. The Morgan fingerprint density at radius 1 is 1.55 bits per heavy atom. The summed E-state index contributed by atoms with van der Waals surface area (Å²) in [6.07, 6.45) is -0.226. The third-order valence-corrected chi connectivity index (χ3v) is 4.34. The highest BCUT2D eigenvalue weighted by atomic mass is 31.1. The number of nitrogens with zero attached hydrogens (tertiary/aromatic N) is 2. The van der Waals surface area contributed by atoms with E-state index in [4.69, 9.17) is 9.26 Å². The Balaban J connectivity index is 1.93. The number of rotatable bonds is 5. The lowest BCUT2D eigenvalue weighted by Crippen LogP contribution is -2.58. The Morgan fingerprint density at radius 3 is 2.95 bits per heavy atom. The summed E-state index contributed by atoms with van der Waals surface area (Å²) in [4.78, 5) is 13.3. The molecule has 0 saturated carbocycles. The van der Waals surface area contributed by atoms with E-state index >= 15 is 0 Å². The standard InChI is InChI=1S/C12H21N4O5P/c1-8-6-16(12(18)14-11(8)17)10-5-13-4-9(21-10)7-20-22(19)15(2)3/h6,9-11,13,17H,4-5,7H2,1-3H3/p+1/t9-,10+,11?/m0/s1. The van der Waals surface area contributed by atoms with Gasteiger partial charge in [0.2, 0.25) is 0 Å². The van der Waals surface area contributed by atoms with Crippen molar-refractivity contribution in [2.24, 2.45) is 0 Å². The predicted octanol–water partition coefficient (Wildman–Crippen LogP) is -0.216. The zero-order valence-corrected chi connectivity index (χ0v) is 13.7. The lowest BCUT2D eigenvalue weighted by molar-refractivity contribution is -0.102. The van der Waals surface area contributed by atoms with Crippen LogP contribution in [-0.2, 0) is 13.8 Å². The lowest BCUT2D eigenvalue weighted by Gasteiger charge is -2.38. The van der Waals surface area contributed by atoms with Crippen molar-refractivity contribution in [3.8, 4) is 0 Å². The second-order valence-electron chi connectivity index (χ2n) is 5.38. The van der Waals surface area contributed by atoms with Gasteiger partial charge in [-0.05, 0) is 17.1 Å². The maximum atomic E-state index is 11.9. The van der Waals surface area contributed by atoms with E-state index < -0.39 is 26.7 Å². The summed E-state index contributed by atoms with van der Waals surface area (Å²) in [6, 6.07) is -0.425. The molecule has 0 aromatic heterocycles. The van der Waals surface area contributed by atoms with Crippen LogP contribution in [0.25, 0.3) is 0 Å². The lowest BCUT2D eigenvalue weighted by atomic mass is 10.2. The minimum atomic E-state index is -1.88. The summed E-state index contributed by atoms with van der Waals surface area (Å²) in [5, 5.41) is 15.2. The summed E-state index contributed by atoms with van der Waals surface area (Å²) in [6.45, 7) is 2.89. The number of nitrogens with one attached hydrogen (secondary N) is 2. The van der Waals surface area contributed by atoms with Crippen LogP contribution >= 0.6 is 8.18 Å². The molecule has 2 aliphatic heterocycles. The molecule has 4 atom stereocenters. The molecule has 2 unspecified atom stereocenters.